The van der Waals surface area contributed by atoms with Crippen molar-refractivity contribution >= 4 is 41.3 Å². The van der Waals surface area contributed by atoms with Crippen molar-refractivity contribution < 1.29 is 19.5 Å². The monoisotopic (exact) mass is 585 g/mol. The predicted molar refractivity (Wildman–Crippen MR) is 151 cm³/mol. The maximum atomic E-state index is 13.9. The van der Waals surface area contributed by atoms with Crippen molar-refractivity contribution in [3.63, 3.8) is 0 Å². The van der Waals surface area contributed by atoms with E-state index < -0.39 is 17.1 Å². The SMILES string of the molecule is C#CCn1c(=O)c(Sc2ccccc2C(=O)O)c(Sc2ccccc2)c(=O)n1Cc1ccc(N=[N+]=[N-])cc1.O=C=O. The van der Waals surface area contributed by atoms with Crippen LogP contribution in [0.25, 0.3) is 10.4 Å². The number of hydrogen-bond donors (Lipinski definition) is 1. The van der Waals surface area contributed by atoms with Gasteiger partial charge in [-0.1, -0.05) is 89.2 Å². The molecule has 0 aliphatic rings. The summed E-state index contributed by atoms with van der Waals surface area (Å²) in [5.74, 6) is 1.29. The van der Waals surface area contributed by atoms with Crippen LogP contribution < -0.4 is 11.1 Å². The molecule has 0 atom stereocenters. The average Bonchev–Trinajstić information content (AvgIpc) is 2.97. The van der Waals surface area contributed by atoms with Crippen LogP contribution in [0, 0.1) is 12.3 Å². The molecule has 0 radical (unpaired) electrons. The lowest BCUT2D eigenvalue weighted by Crippen LogP contribution is -2.40. The normalized spacial score (nSPS) is 9.83. The number of benzene rings is 3. The molecule has 0 saturated heterocycles. The van der Waals surface area contributed by atoms with Crippen molar-refractivity contribution in [1.82, 2.24) is 9.36 Å². The van der Waals surface area contributed by atoms with E-state index in [0.717, 1.165) is 28.4 Å². The lowest BCUT2D eigenvalue weighted by molar-refractivity contribution is -0.191. The number of terminal acetylenes is 1. The second kappa shape index (κ2) is 14.8. The smallest absolute Gasteiger partial charge is 0.373 e. The van der Waals surface area contributed by atoms with E-state index in [1.165, 1.54) is 15.4 Å². The van der Waals surface area contributed by atoms with Gasteiger partial charge in [0.05, 0.1) is 21.9 Å². The predicted octanol–water partition coefficient (Wildman–Crippen LogP) is 5.05. The van der Waals surface area contributed by atoms with Crippen LogP contribution in [0.5, 0.6) is 0 Å². The van der Waals surface area contributed by atoms with Gasteiger partial charge in [0, 0.05) is 20.4 Å². The fourth-order valence-corrected chi connectivity index (χ4v) is 5.73. The molecule has 0 amide bonds. The molecule has 1 heterocycles. The van der Waals surface area contributed by atoms with Crippen LogP contribution in [-0.4, -0.2) is 26.6 Å². The van der Waals surface area contributed by atoms with Crippen LogP contribution >= 0.6 is 23.5 Å². The number of nitrogens with zero attached hydrogens (tertiary/aromatic N) is 5. The standard InChI is InChI=1S/C27H19N5O4S2.CO2/c1-2-16-31-25(33)24(38-22-11-7-6-10-21(22)27(35)36)23(37-20-8-4-3-5-9-20)26(34)32(31)17-18-12-14-19(15-13-18)29-30-28;2-1-3/h1,3-15H,16-17H2,(H,35,36);. The van der Waals surface area contributed by atoms with Gasteiger partial charge in [0.25, 0.3) is 11.1 Å². The van der Waals surface area contributed by atoms with E-state index in [0.29, 0.717) is 16.1 Å². The highest BCUT2D eigenvalue weighted by Gasteiger charge is 2.23. The Morgan fingerprint density at radius 3 is 2.10 bits per heavy atom. The lowest BCUT2D eigenvalue weighted by atomic mass is 10.2. The number of carboxylic acids is 1. The zero-order chi connectivity index (χ0) is 29.8. The fraction of sp³-hybridized carbons (Fsp3) is 0.0714. The van der Waals surface area contributed by atoms with E-state index in [-0.39, 0.29) is 34.6 Å². The zero-order valence-corrected chi connectivity index (χ0v) is 22.7. The first kappa shape index (κ1) is 30.3. The van der Waals surface area contributed by atoms with Crippen LogP contribution in [0.2, 0.25) is 0 Å². The first-order chi connectivity index (χ1) is 19.8. The minimum absolute atomic E-state index is 0.0142. The van der Waals surface area contributed by atoms with Crippen LogP contribution in [0.15, 0.2) is 113 Å². The molecule has 41 heavy (non-hydrogen) atoms. The minimum Gasteiger partial charge on any atom is -0.478 e. The first-order valence-corrected chi connectivity index (χ1v) is 13.2. The van der Waals surface area contributed by atoms with Gasteiger partial charge in [-0.05, 0) is 35.4 Å². The van der Waals surface area contributed by atoms with Gasteiger partial charge in [-0.2, -0.15) is 9.59 Å². The second-order valence-corrected chi connectivity index (χ2v) is 9.98. The molecule has 0 unspecified atom stereocenters. The third kappa shape index (κ3) is 7.67. The number of rotatable bonds is 9. The number of carbonyl (C=O) groups is 1. The summed E-state index contributed by atoms with van der Waals surface area (Å²) in [6, 6.07) is 22.0. The quantitative estimate of drug-likeness (QED) is 0.123. The third-order valence-corrected chi connectivity index (χ3v) is 7.70. The van der Waals surface area contributed by atoms with Crippen molar-refractivity contribution in [2.75, 3.05) is 0 Å². The lowest BCUT2D eigenvalue weighted by Gasteiger charge is -2.18. The Hall–Kier alpha value is -5.24. The molecule has 204 valence electrons. The first-order valence-electron chi connectivity index (χ1n) is 11.5. The van der Waals surface area contributed by atoms with Gasteiger partial charge in [-0.25, -0.2) is 14.2 Å². The van der Waals surface area contributed by atoms with Gasteiger partial charge in [0.2, 0.25) is 0 Å². The van der Waals surface area contributed by atoms with Crippen LogP contribution in [0.4, 0.5) is 5.69 Å². The van der Waals surface area contributed by atoms with Gasteiger partial charge in [0.15, 0.2) is 0 Å². The molecule has 4 aromatic rings. The summed E-state index contributed by atoms with van der Waals surface area (Å²) in [6.07, 6.45) is 5.81. The highest BCUT2D eigenvalue weighted by atomic mass is 32.2. The second-order valence-electron chi connectivity index (χ2n) is 7.85. The molecule has 1 N–H and O–H groups in total. The van der Waals surface area contributed by atoms with Crippen molar-refractivity contribution in [2.24, 2.45) is 5.11 Å². The Morgan fingerprint density at radius 2 is 1.49 bits per heavy atom. The highest BCUT2D eigenvalue weighted by molar-refractivity contribution is 8.02. The average molecular weight is 586 g/mol. The van der Waals surface area contributed by atoms with E-state index in [1.54, 1.807) is 42.5 Å². The summed E-state index contributed by atoms with van der Waals surface area (Å²) in [7, 11) is 0. The fourth-order valence-electron chi connectivity index (χ4n) is 3.57. The van der Waals surface area contributed by atoms with E-state index in [9.17, 15) is 19.5 Å². The van der Waals surface area contributed by atoms with Crippen molar-refractivity contribution in [3.8, 4) is 12.3 Å². The number of aromatic nitrogens is 2. The van der Waals surface area contributed by atoms with Crippen LogP contribution in [-0.2, 0) is 22.7 Å². The van der Waals surface area contributed by atoms with Gasteiger partial charge in [-0.15, -0.1) is 6.42 Å². The number of carboxylic acid groups (broad SMARTS) is 1. The molecule has 4 rings (SSSR count). The topological polar surface area (TPSA) is 164 Å². The van der Waals surface area contributed by atoms with Gasteiger partial charge in [-0.3, -0.25) is 9.59 Å². The van der Waals surface area contributed by atoms with Gasteiger partial charge < -0.3 is 5.11 Å². The molecule has 0 fully saturated rings. The summed E-state index contributed by atoms with van der Waals surface area (Å²) >= 11 is 2.06. The molecule has 0 bridgehead atoms. The maximum absolute atomic E-state index is 13.9. The Bertz CT molecular complexity index is 1800. The van der Waals surface area contributed by atoms with E-state index in [4.69, 9.17) is 21.5 Å². The number of carbonyl (C=O) groups excluding carboxylic acids is 2. The molecule has 11 nitrogen and oxygen atoms in total. The zero-order valence-electron chi connectivity index (χ0n) is 21.0. The van der Waals surface area contributed by atoms with Gasteiger partial charge >= 0.3 is 12.1 Å². The highest BCUT2D eigenvalue weighted by Crippen LogP contribution is 2.36. The molecular weight excluding hydrogens is 566 g/mol. The summed E-state index contributed by atoms with van der Waals surface area (Å²) in [5.41, 5.74) is 8.77. The van der Waals surface area contributed by atoms with Crippen LogP contribution in [0.1, 0.15) is 15.9 Å². The summed E-state index contributed by atoms with van der Waals surface area (Å²) in [5, 5.41) is 13.2. The molecule has 3 aromatic carbocycles. The molecule has 0 saturated carbocycles. The Labute approximate surface area is 241 Å². The molecule has 0 aliphatic carbocycles. The Morgan fingerprint density at radius 1 is 0.902 bits per heavy atom. The third-order valence-electron chi connectivity index (χ3n) is 5.32. The molecule has 13 heteroatoms. The van der Waals surface area contributed by atoms with Crippen LogP contribution in [0.3, 0.4) is 0 Å². The minimum atomic E-state index is -1.15. The number of hydrogen-bond acceptors (Lipinski definition) is 8. The largest absolute Gasteiger partial charge is 0.478 e. The van der Waals surface area contributed by atoms with Crippen molar-refractivity contribution in [3.05, 3.63) is 121 Å². The van der Waals surface area contributed by atoms with E-state index in [1.807, 2.05) is 30.3 Å². The summed E-state index contributed by atoms with van der Waals surface area (Å²) in [4.78, 5) is 59.9. The van der Waals surface area contributed by atoms with Crippen molar-refractivity contribution in [1.29, 1.82) is 0 Å². The van der Waals surface area contributed by atoms with E-state index in [2.05, 4.69) is 15.9 Å². The number of azide groups is 1. The van der Waals surface area contributed by atoms with E-state index >= 15 is 0 Å². The maximum Gasteiger partial charge on any atom is 0.373 e. The Kier molecular flexibility index (Phi) is 10.9. The molecule has 0 spiro atoms. The summed E-state index contributed by atoms with van der Waals surface area (Å²) < 4.78 is 2.47. The summed E-state index contributed by atoms with van der Waals surface area (Å²) in [6.45, 7) is -0.138. The molecule has 0 aliphatic heterocycles. The Balaban J connectivity index is 0.00000147. The molecule has 1 aromatic heterocycles. The molecular formula is C28H19N5O6S2. The number of aromatic carboxylic acids is 1. The van der Waals surface area contributed by atoms with Gasteiger partial charge in [0.1, 0.15) is 6.54 Å². The van der Waals surface area contributed by atoms with Crippen molar-refractivity contribution in [2.45, 2.75) is 32.7 Å².